The van der Waals surface area contributed by atoms with Crippen molar-refractivity contribution in [3.05, 3.63) is 35.4 Å². The van der Waals surface area contributed by atoms with Crippen LogP contribution in [0.15, 0.2) is 24.3 Å². The van der Waals surface area contributed by atoms with Gasteiger partial charge in [0.25, 0.3) is 5.91 Å². The fraction of sp³-hybridized carbons (Fsp3) is 0.591. The van der Waals surface area contributed by atoms with Crippen LogP contribution >= 0.6 is 0 Å². The number of carboxylic acids is 1. The summed E-state index contributed by atoms with van der Waals surface area (Å²) in [4.78, 5) is 38.4. The average Bonchev–Trinajstić information content (AvgIpc) is 2.64. The van der Waals surface area contributed by atoms with E-state index >= 15 is 0 Å². The van der Waals surface area contributed by atoms with Crippen LogP contribution in [0.4, 0.5) is 0 Å². The molecule has 1 saturated heterocycles. The highest BCUT2D eigenvalue weighted by Crippen LogP contribution is 2.23. The van der Waals surface area contributed by atoms with Crippen LogP contribution in [-0.2, 0) is 15.0 Å². The van der Waals surface area contributed by atoms with Gasteiger partial charge in [0.2, 0.25) is 5.91 Å². The van der Waals surface area contributed by atoms with Crippen molar-refractivity contribution in [2.45, 2.75) is 58.9 Å². The Hall–Kier alpha value is -2.37. The SMILES string of the molecule is CC(C)C(NC(=O)c1ccc(C(C)(C)C)cc1)C(=O)N1CCC(C(=O)O)CC1. The van der Waals surface area contributed by atoms with Gasteiger partial charge in [-0.2, -0.15) is 0 Å². The molecule has 0 spiro atoms. The Morgan fingerprint density at radius 2 is 1.61 bits per heavy atom. The third-order valence-electron chi connectivity index (χ3n) is 5.39. The second-order valence-corrected chi connectivity index (χ2v) is 8.96. The summed E-state index contributed by atoms with van der Waals surface area (Å²) in [5, 5.41) is 12.0. The summed E-state index contributed by atoms with van der Waals surface area (Å²) in [6.07, 6.45) is 0.905. The molecule has 6 nitrogen and oxygen atoms in total. The molecule has 2 N–H and O–H groups in total. The minimum absolute atomic E-state index is 0.00745. The number of benzene rings is 1. The van der Waals surface area contributed by atoms with E-state index in [4.69, 9.17) is 5.11 Å². The van der Waals surface area contributed by atoms with Gasteiger partial charge >= 0.3 is 5.97 Å². The molecule has 1 fully saturated rings. The molecule has 1 atom stereocenters. The van der Waals surface area contributed by atoms with Crippen LogP contribution in [0, 0.1) is 11.8 Å². The van der Waals surface area contributed by atoms with Gasteiger partial charge in [0.1, 0.15) is 6.04 Å². The fourth-order valence-corrected chi connectivity index (χ4v) is 3.40. The quantitative estimate of drug-likeness (QED) is 0.812. The van der Waals surface area contributed by atoms with Crippen molar-refractivity contribution < 1.29 is 19.5 Å². The molecule has 1 aromatic carbocycles. The molecule has 1 unspecified atom stereocenters. The van der Waals surface area contributed by atoms with E-state index < -0.39 is 17.9 Å². The molecule has 1 aromatic rings. The number of carbonyl (C=O) groups is 3. The van der Waals surface area contributed by atoms with Crippen LogP contribution in [-0.4, -0.2) is 46.9 Å². The highest BCUT2D eigenvalue weighted by atomic mass is 16.4. The largest absolute Gasteiger partial charge is 0.481 e. The first-order valence-electron chi connectivity index (χ1n) is 9.93. The molecular formula is C22H32N2O4. The van der Waals surface area contributed by atoms with Gasteiger partial charge in [-0.1, -0.05) is 46.8 Å². The van der Waals surface area contributed by atoms with Crippen molar-refractivity contribution in [1.82, 2.24) is 10.2 Å². The molecule has 2 rings (SSSR count). The van der Waals surface area contributed by atoms with Crippen LogP contribution in [0.25, 0.3) is 0 Å². The highest BCUT2D eigenvalue weighted by Gasteiger charge is 2.33. The maximum atomic E-state index is 12.9. The lowest BCUT2D eigenvalue weighted by molar-refractivity contribution is -0.146. The Balaban J connectivity index is 2.05. The predicted molar refractivity (Wildman–Crippen MR) is 108 cm³/mol. The molecule has 0 aliphatic carbocycles. The van der Waals surface area contributed by atoms with E-state index in [1.54, 1.807) is 17.0 Å². The summed E-state index contributed by atoms with van der Waals surface area (Å²) in [5.41, 5.74) is 1.67. The van der Waals surface area contributed by atoms with Crippen molar-refractivity contribution in [2.75, 3.05) is 13.1 Å². The van der Waals surface area contributed by atoms with Crippen molar-refractivity contribution >= 4 is 17.8 Å². The number of aliphatic carboxylic acids is 1. The fourth-order valence-electron chi connectivity index (χ4n) is 3.40. The van der Waals surface area contributed by atoms with Gasteiger partial charge in [0, 0.05) is 18.7 Å². The molecule has 154 valence electrons. The number of carboxylic acid groups (broad SMARTS) is 1. The Morgan fingerprint density at radius 3 is 2.04 bits per heavy atom. The van der Waals surface area contributed by atoms with Crippen LogP contribution in [0.1, 0.15) is 63.4 Å². The van der Waals surface area contributed by atoms with Gasteiger partial charge in [-0.05, 0) is 41.9 Å². The lowest BCUT2D eigenvalue weighted by atomic mass is 9.86. The van der Waals surface area contributed by atoms with E-state index in [1.807, 2.05) is 26.0 Å². The van der Waals surface area contributed by atoms with E-state index in [-0.39, 0.29) is 23.1 Å². The number of piperidine rings is 1. The van der Waals surface area contributed by atoms with Gasteiger partial charge in [0.05, 0.1) is 5.92 Å². The molecule has 6 heteroatoms. The van der Waals surface area contributed by atoms with Crippen molar-refractivity contribution in [3.8, 4) is 0 Å². The normalized spacial score (nSPS) is 16.7. The zero-order valence-electron chi connectivity index (χ0n) is 17.5. The van der Waals surface area contributed by atoms with Gasteiger partial charge in [-0.3, -0.25) is 14.4 Å². The standard InChI is InChI=1S/C22H32N2O4/c1-14(2)18(20(26)24-12-10-16(11-13-24)21(27)28)23-19(25)15-6-8-17(9-7-15)22(3,4)5/h6-9,14,16,18H,10-13H2,1-5H3,(H,23,25)(H,27,28). The number of hydrogen-bond donors (Lipinski definition) is 2. The lowest BCUT2D eigenvalue weighted by Gasteiger charge is -2.34. The zero-order valence-corrected chi connectivity index (χ0v) is 17.5. The van der Waals surface area contributed by atoms with Gasteiger partial charge < -0.3 is 15.3 Å². The molecule has 2 amide bonds. The molecular weight excluding hydrogens is 356 g/mol. The Morgan fingerprint density at radius 1 is 1.07 bits per heavy atom. The molecule has 0 bridgehead atoms. The van der Waals surface area contributed by atoms with Crippen LogP contribution in [0.5, 0.6) is 0 Å². The maximum absolute atomic E-state index is 12.9. The minimum atomic E-state index is -0.806. The second kappa shape index (κ2) is 8.76. The maximum Gasteiger partial charge on any atom is 0.306 e. The van der Waals surface area contributed by atoms with Crippen LogP contribution < -0.4 is 5.32 Å². The summed E-state index contributed by atoms with van der Waals surface area (Å²) >= 11 is 0. The number of likely N-dealkylation sites (tertiary alicyclic amines) is 1. The third kappa shape index (κ3) is 5.33. The van der Waals surface area contributed by atoms with Gasteiger partial charge in [0.15, 0.2) is 0 Å². The van der Waals surface area contributed by atoms with Crippen molar-refractivity contribution in [1.29, 1.82) is 0 Å². The molecule has 1 aliphatic rings. The molecule has 0 saturated carbocycles. The number of nitrogens with one attached hydrogen (secondary N) is 1. The Kier molecular flexibility index (Phi) is 6.86. The van der Waals surface area contributed by atoms with E-state index in [0.29, 0.717) is 31.5 Å². The van der Waals surface area contributed by atoms with Crippen molar-refractivity contribution in [2.24, 2.45) is 11.8 Å². The minimum Gasteiger partial charge on any atom is -0.481 e. The van der Waals surface area contributed by atoms with E-state index in [0.717, 1.165) is 5.56 Å². The number of amides is 2. The first-order chi connectivity index (χ1) is 13.0. The van der Waals surface area contributed by atoms with E-state index in [1.165, 1.54) is 0 Å². The molecule has 28 heavy (non-hydrogen) atoms. The summed E-state index contributed by atoms with van der Waals surface area (Å²) in [5.74, 6) is -1.68. The van der Waals surface area contributed by atoms with Gasteiger partial charge in [-0.15, -0.1) is 0 Å². The molecule has 1 aliphatic heterocycles. The molecule has 1 heterocycles. The Labute approximate surface area is 167 Å². The molecule has 0 radical (unpaired) electrons. The number of nitrogens with zero attached hydrogens (tertiary/aromatic N) is 1. The van der Waals surface area contributed by atoms with Gasteiger partial charge in [-0.25, -0.2) is 0 Å². The second-order valence-electron chi connectivity index (χ2n) is 8.96. The highest BCUT2D eigenvalue weighted by molar-refractivity contribution is 5.97. The smallest absolute Gasteiger partial charge is 0.306 e. The van der Waals surface area contributed by atoms with Crippen LogP contribution in [0.2, 0.25) is 0 Å². The average molecular weight is 389 g/mol. The Bertz CT molecular complexity index is 711. The molecule has 0 aromatic heterocycles. The summed E-state index contributed by atoms with van der Waals surface area (Å²) in [6.45, 7) is 11.0. The van der Waals surface area contributed by atoms with Crippen LogP contribution in [0.3, 0.4) is 0 Å². The van der Waals surface area contributed by atoms with E-state index in [2.05, 4.69) is 26.1 Å². The number of rotatable bonds is 5. The topological polar surface area (TPSA) is 86.7 Å². The van der Waals surface area contributed by atoms with Crippen molar-refractivity contribution in [3.63, 3.8) is 0 Å². The first kappa shape index (κ1) is 21.9. The van der Waals surface area contributed by atoms with E-state index in [9.17, 15) is 14.4 Å². The zero-order chi connectivity index (χ0) is 21.1. The summed E-state index contributed by atoms with van der Waals surface area (Å²) in [6, 6.07) is 6.83. The number of carbonyl (C=O) groups excluding carboxylic acids is 2. The third-order valence-corrected chi connectivity index (χ3v) is 5.39. The number of hydrogen-bond acceptors (Lipinski definition) is 3. The monoisotopic (exact) mass is 388 g/mol. The summed E-state index contributed by atoms with van der Waals surface area (Å²) in [7, 11) is 0. The summed E-state index contributed by atoms with van der Waals surface area (Å²) < 4.78 is 0. The predicted octanol–water partition coefficient (Wildman–Crippen LogP) is 3.06. The lowest BCUT2D eigenvalue weighted by Crippen LogP contribution is -2.53. The first-order valence-corrected chi connectivity index (χ1v) is 9.93.